The molecule has 1 aromatic heterocycles. The third-order valence-corrected chi connectivity index (χ3v) is 5.74. The van der Waals surface area contributed by atoms with Crippen molar-refractivity contribution in [2.45, 2.75) is 25.8 Å². The Kier molecular flexibility index (Phi) is 7.89. The molecule has 156 valence electrons. The van der Waals surface area contributed by atoms with E-state index in [0.717, 1.165) is 13.1 Å². The largest absolute Gasteiger partial charge is 0.484 e. The second-order valence-corrected chi connectivity index (χ2v) is 7.86. The number of carbonyl (C=O) groups is 2. The van der Waals surface area contributed by atoms with Crippen molar-refractivity contribution in [2.75, 3.05) is 38.1 Å². The van der Waals surface area contributed by atoms with Crippen molar-refractivity contribution < 1.29 is 14.3 Å². The molecule has 1 fully saturated rings. The van der Waals surface area contributed by atoms with Gasteiger partial charge in [-0.05, 0) is 68.6 Å². The Hall–Kier alpha value is -2.58. The molecule has 0 bridgehead atoms. The number of likely N-dealkylation sites (N-methyl/N-ethyl adjacent to an activating group) is 1. The maximum atomic E-state index is 12.4. The first-order valence-electron chi connectivity index (χ1n) is 9.97. The van der Waals surface area contributed by atoms with E-state index >= 15 is 0 Å². The molecule has 1 aliphatic heterocycles. The number of anilines is 1. The lowest BCUT2D eigenvalue weighted by molar-refractivity contribution is -0.122. The predicted octanol–water partition coefficient (Wildman–Crippen LogP) is 3.22. The lowest BCUT2D eigenvalue weighted by Crippen LogP contribution is -2.38. The van der Waals surface area contributed by atoms with Crippen LogP contribution in [0.4, 0.5) is 10.5 Å². The Morgan fingerprint density at radius 2 is 1.90 bits per heavy atom. The summed E-state index contributed by atoms with van der Waals surface area (Å²) in [5, 5.41) is 10.6. The average molecular weight is 417 g/mol. The zero-order chi connectivity index (χ0) is 20.5. The molecule has 2 aromatic rings. The smallest absolute Gasteiger partial charge is 0.319 e. The van der Waals surface area contributed by atoms with Gasteiger partial charge in [0.2, 0.25) is 0 Å². The van der Waals surface area contributed by atoms with Crippen molar-refractivity contribution in [1.82, 2.24) is 15.5 Å². The molecule has 7 nitrogen and oxygen atoms in total. The minimum absolute atomic E-state index is 0.0261. The van der Waals surface area contributed by atoms with Gasteiger partial charge in [0.05, 0.1) is 6.04 Å². The Bertz CT molecular complexity index is 774. The SMILES string of the molecule is CCNC(=O)COc1ccc(NC(=O)NCC(c2cccs2)N2CCCC2)cc1. The number of likely N-dealkylation sites (tertiary alicyclic amines) is 1. The van der Waals surface area contributed by atoms with E-state index in [1.54, 1.807) is 35.6 Å². The Morgan fingerprint density at radius 1 is 1.14 bits per heavy atom. The number of thiophene rings is 1. The van der Waals surface area contributed by atoms with Gasteiger partial charge < -0.3 is 20.7 Å². The molecule has 0 saturated carbocycles. The zero-order valence-corrected chi connectivity index (χ0v) is 17.5. The highest BCUT2D eigenvalue weighted by molar-refractivity contribution is 7.10. The van der Waals surface area contributed by atoms with Crippen LogP contribution in [0.15, 0.2) is 41.8 Å². The molecular formula is C21H28N4O3S. The van der Waals surface area contributed by atoms with E-state index in [4.69, 9.17) is 4.74 Å². The van der Waals surface area contributed by atoms with Crippen LogP contribution in [0.3, 0.4) is 0 Å². The molecular weight excluding hydrogens is 388 g/mol. The van der Waals surface area contributed by atoms with Gasteiger partial charge in [0.15, 0.2) is 6.61 Å². The van der Waals surface area contributed by atoms with E-state index in [-0.39, 0.29) is 24.6 Å². The lowest BCUT2D eigenvalue weighted by Gasteiger charge is -2.26. The van der Waals surface area contributed by atoms with E-state index in [2.05, 4.69) is 38.4 Å². The number of ether oxygens (including phenoxy) is 1. The standard InChI is InChI=1S/C21H28N4O3S/c1-2-22-20(26)15-28-17-9-7-16(8-10-17)24-21(27)23-14-18(19-6-5-13-29-19)25-11-3-4-12-25/h5-10,13,18H,2-4,11-12,14-15H2,1H3,(H,22,26)(H2,23,24,27). The van der Waals surface area contributed by atoms with Crippen LogP contribution < -0.4 is 20.7 Å². The van der Waals surface area contributed by atoms with Crippen molar-refractivity contribution in [2.24, 2.45) is 0 Å². The van der Waals surface area contributed by atoms with E-state index < -0.39 is 0 Å². The van der Waals surface area contributed by atoms with Gasteiger partial charge in [-0.15, -0.1) is 11.3 Å². The van der Waals surface area contributed by atoms with Gasteiger partial charge in [0.1, 0.15) is 5.75 Å². The third kappa shape index (κ3) is 6.47. The Balaban J connectivity index is 1.47. The van der Waals surface area contributed by atoms with Crippen LogP contribution in [-0.4, -0.2) is 49.6 Å². The van der Waals surface area contributed by atoms with Crippen LogP contribution in [0, 0.1) is 0 Å². The van der Waals surface area contributed by atoms with E-state index in [1.165, 1.54) is 17.7 Å². The van der Waals surface area contributed by atoms with Gasteiger partial charge >= 0.3 is 6.03 Å². The van der Waals surface area contributed by atoms with Gasteiger partial charge in [-0.2, -0.15) is 0 Å². The highest BCUT2D eigenvalue weighted by atomic mass is 32.1. The first-order valence-corrected chi connectivity index (χ1v) is 10.9. The lowest BCUT2D eigenvalue weighted by atomic mass is 10.2. The molecule has 0 aliphatic carbocycles. The molecule has 8 heteroatoms. The van der Waals surface area contributed by atoms with Gasteiger partial charge in [0.25, 0.3) is 5.91 Å². The number of nitrogens with zero attached hydrogens (tertiary/aromatic N) is 1. The maximum absolute atomic E-state index is 12.4. The normalized spacial score (nSPS) is 14.9. The molecule has 1 saturated heterocycles. The summed E-state index contributed by atoms with van der Waals surface area (Å²) in [5.74, 6) is 0.418. The van der Waals surface area contributed by atoms with Gasteiger partial charge in [-0.3, -0.25) is 9.69 Å². The average Bonchev–Trinajstić information content (AvgIpc) is 3.43. The minimum atomic E-state index is -0.234. The summed E-state index contributed by atoms with van der Waals surface area (Å²) in [4.78, 5) is 27.5. The molecule has 29 heavy (non-hydrogen) atoms. The van der Waals surface area contributed by atoms with Crippen LogP contribution in [0.25, 0.3) is 0 Å². The summed E-state index contributed by atoms with van der Waals surface area (Å²) in [6.07, 6.45) is 2.42. The summed E-state index contributed by atoms with van der Waals surface area (Å²) in [7, 11) is 0. The molecule has 0 spiro atoms. The van der Waals surface area contributed by atoms with Crippen molar-refractivity contribution in [3.05, 3.63) is 46.7 Å². The summed E-state index contributed by atoms with van der Waals surface area (Å²) in [5.41, 5.74) is 0.668. The van der Waals surface area contributed by atoms with Crippen LogP contribution >= 0.6 is 11.3 Å². The molecule has 3 rings (SSSR count). The molecule has 3 amide bonds. The van der Waals surface area contributed by atoms with Gasteiger partial charge in [-0.25, -0.2) is 4.79 Å². The topological polar surface area (TPSA) is 82.7 Å². The fourth-order valence-electron chi connectivity index (χ4n) is 3.34. The predicted molar refractivity (Wildman–Crippen MR) is 116 cm³/mol. The first kappa shape index (κ1) is 21.1. The molecule has 1 aliphatic rings. The Morgan fingerprint density at radius 3 is 2.55 bits per heavy atom. The van der Waals surface area contributed by atoms with Crippen LogP contribution in [0.5, 0.6) is 5.75 Å². The number of nitrogens with one attached hydrogen (secondary N) is 3. The van der Waals surface area contributed by atoms with E-state index in [0.29, 0.717) is 24.5 Å². The second kappa shape index (κ2) is 10.8. The highest BCUT2D eigenvalue weighted by Gasteiger charge is 2.24. The summed E-state index contributed by atoms with van der Waals surface area (Å²) in [6.45, 7) is 5.12. The zero-order valence-electron chi connectivity index (χ0n) is 16.6. The number of hydrogen-bond acceptors (Lipinski definition) is 5. The number of carbonyl (C=O) groups excluding carboxylic acids is 2. The Labute approximate surface area is 175 Å². The third-order valence-electron chi connectivity index (χ3n) is 4.77. The van der Waals surface area contributed by atoms with Crippen molar-refractivity contribution in [3.63, 3.8) is 0 Å². The van der Waals surface area contributed by atoms with E-state index in [1.807, 2.05) is 6.92 Å². The van der Waals surface area contributed by atoms with Crippen molar-refractivity contribution >= 4 is 29.0 Å². The second-order valence-electron chi connectivity index (χ2n) is 6.88. The van der Waals surface area contributed by atoms with E-state index in [9.17, 15) is 9.59 Å². The van der Waals surface area contributed by atoms with Crippen LogP contribution in [-0.2, 0) is 4.79 Å². The van der Waals surface area contributed by atoms with Crippen LogP contribution in [0.1, 0.15) is 30.7 Å². The number of amides is 3. The maximum Gasteiger partial charge on any atom is 0.319 e. The molecule has 2 heterocycles. The quantitative estimate of drug-likeness (QED) is 0.586. The first-order chi connectivity index (χ1) is 14.2. The van der Waals surface area contributed by atoms with Crippen molar-refractivity contribution in [3.8, 4) is 5.75 Å². The molecule has 0 radical (unpaired) electrons. The van der Waals surface area contributed by atoms with Gasteiger partial charge in [0, 0.05) is 23.7 Å². The summed E-state index contributed by atoms with van der Waals surface area (Å²) in [6, 6.07) is 11.1. The number of urea groups is 1. The number of hydrogen-bond donors (Lipinski definition) is 3. The fraction of sp³-hybridized carbons (Fsp3) is 0.429. The monoisotopic (exact) mass is 416 g/mol. The molecule has 3 N–H and O–H groups in total. The summed E-state index contributed by atoms with van der Waals surface area (Å²) >= 11 is 1.73. The summed E-state index contributed by atoms with van der Waals surface area (Å²) < 4.78 is 5.41. The minimum Gasteiger partial charge on any atom is -0.484 e. The molecule has 1 atom stereocenters. The number of benzene rings is 1. The molecule has 1 unspecified atom stereocenters. The number of rotatable bonds is 9. The van der Waals surface area contributed by atoms with Crippen LogP contribution in [0.2, 0.25) is 0 Å². The highest BCUT2D eigenvalue weighted by Crippen LogP contribution is 2.27. The van der Waals surface area contributed by atoms with Crippen molar-refractivity contribution in [1.29, 1.82) is 0 Å². The fourth-order valence-corrected chi connectivity index (χ4v) is 4.20. The molecule has 1 aromatic carbocycles. The van der Waals surface area contributed by atoms with Gasteiger partial charge in [-0.1, -0.05) is 6.07 Å².